The zero-order valence-corrected chi connectivity index (χ0v) is 19.1. The molecule has 0 radical (unpaired) electrons. The number of carbonyl (C=O) groups is 1. The number of hydrogen-bond acceptors (Lipinski definition) is 7. The molecular formula is C26H22N2O5S. The van der Waals surface area contributed by atoms with E-state index in [-0.39, 0.29) is 11.5 Å². The Balaban J connectivity index is 1.18. The van der Waals surface area contributed by atoms with Crippen molar-refractivity contribution in [1.29, 1.82) is 0 Å². The van der Waals surface area contributed by atoms with Gasteiger partial charge in [0.1, 0.15) is 11.3 Å². The topological polar surface area (TPSA) is 95.5 Å². The molecule has 0 aliphatic heterocycles. The van der Waals surface area contributed by atoms with E-state index in [2.05, 4.69) is 4.98 Å². The van der Waals surface area contributed by atoms with Crippen LogP contribution in [0, 0.1) is 10.1 Å². The van der Waals surface area contributed by atoms with Gasteiger partial charge in [0.2, 0.25) is 0 Å². The molecule has 172 valence electrons. The fourth-order valence-corrected chi connectivity index (χ4v) is 4.03. The van der Waals surface area contributed by atoms with Gasteiger partial charge in [-0.1, -0.05) is 42.1 Å². The van der Waals surface area contributed by atoms with Crippen molar-refractivity contribution in [3.63, 3.8) is 0 Å². The molecule has 4 aromatic rings. The minimum Gasteiger partial charge on any atom is -0.494 e. The summed E-state index contributed by atoms with van der Waals surface area (Å²) in [6.45, 7) is 0.577. The number of unbranched alkanes of at least 4 members (excludes halogenated alkanes) is 1. The first-order valence-corrected chi connectivity index (χ1v) is 11.8. The van der Waals surface area contributed by atoms with Crippen molar-refractivity contribution < 1.29 is 18.9 Å². The Hall–Kier alpha value is -3.91. The molecule has 7 nitrogen and oxygen atoms in total. The molecule has 0 fully saturated rings. The monoisotopic (exact) mass is 474 g/mol. The van der Waals surface area contributed by atoms with E-state index in [0.29, 0.717) is 28.7 Å². The number of nitrogens with zero attached hydrogens (tertiary/aromatic N) is 2. The van der Waals surface area contributed by atoms with Crippen LogP contribution in [0.15, 0.2) is 88.5 Å². The number of benzene rings is 3. The largest absolute Gasteiger partial charge is 0.494 e. The Kier molecular flexibility index (Phi) is 7.72. The van der Waals surface area contributed by atoms with E-state index in [1.54, 1.807) is 54.2 Å². The molecule has 0 spiro atoms. The lowest BCUT2D eigenvalue weighted by Gasteiger charge is -2.06. The van der Waals surface area contributed by atoms with Crippen molar-refractivity contribution in [1.82, 2.24) is 4.98 Å². The molecule has 0 unspecified atom stereocenters. The number of carbonyl (C=O) groups excluding carboxylic acids is 1. The van der Waals surface area contributed by atoms with Crippen LogP contribution in [0.4, 0.5) is 5.69 Å². The standard InChI is InChI=1S/C26H22N2O5S/c29-24(15-10-19-6-5-7-21(18-19)28(30)31)20-11-13-22(14-12-20)32-16-3-4-17-34-26-27-23-8-1-2-9-25(23)33-26/h1-2,5-15,18H,3-4,16-17H2. The molecule has 0 amide bonds. The average molecular weight is 475 g/mol. The predicted molar refractivity (Wildman–Crippen MR) is 132 cm³/mol. The number of rotatable bonds is 11. The van der Waals surface area contributed by atoms with Crippen molar-refractivity contribution in [3.05, 3.63) is 100 Å². The summed E-state index contributed by atoms with van der Waals surface area (Å²) in [4.78, 5) is 27.2. The van der Waals surface area contributed by atoms with E-state index in [0.717, 1.165) is 29.7 Å². The summed E-state index contributed by atoms with van der Waals surface area (Å²) < 4.78 is 11.5. The third-order valence-corrected chi connectivity index (χ3v) is 5.87. The fourth-order valence-electron chi connectivity index (χ4n) is 3.19. The molecule has 4 rings (SSSR count). The number of hydrogen-bond donors (Lipinski definition) is 0. The average Bonchev–Trinajstić information content (AvgIpc) is 3.28. The van der Waals surface area contributed by atoms with Gasteiger partial charge in [-0.2, -0.15) is 0 Å². The molecule has 1 aromatic heterocycles. The number of nitro benzene ring substituents is 1. The van der Waals surface area contributed by atoms with Crippen molar-refractivity contribution in [2.24, 2.45) is 0 Å². The Bertz CT molecular complexity index is 1280. The molecule has 0 bridgehead atoms. The van der Waals surface area contributed by atoms with Gasteiger partial charge in [0.15, 0.2) is 11.4 Å². The highest BCUT2D eigenvalue weighted by molar-refractivity contribution is 7.99. The summed E-state index contributed by atoms with van der Waals surface area (Å²) in [5.41, 5.74) is 2.77. The van der Waals surface area contributed by atoms with Crippen LogP contribution in [0.1, 0.15) is 28.8 Å². The Morgan fingerprint density at radius 3 is 2.68 bits per heavy atom. The number of ketones is 1. The lowest BCUT2D eigenvalue weighted by molar-refractivity contribution is -0.384. The van der Waals surface area contributed by atoms with Gasteiger partial charge in [0, 0.05) is 23.4 Å². The Morgan fingerprint density at radius 1 is 1.06 bits per heavy atom. The highest BCUT2D eigenvalue weighted by Crippen LogP contribution is 2.24. The first-order chi connectivity index (χ1) is 16.6. The number of ether oxygens (including phenoxy) is 1. The van der Waals surface area contributed by atoms with Crippen LogP contribution in [-0.4, -0.2) is 28.1 Å². The first kappa shape index (κ1) is 23.3. The van der Waals surface area contributed by atoms with Crippen LogP contribution in [0.25, 0.3) is 17.2 Å². The number of non-ortho nitro benzene ring substituents is 1. The fraction of sp³-hybridized carbons (Fsp3) is 0.154. The highest BCUT2D eigenvalue weighted by Gasteiger charge is 2.07. The number of fused-ring (bicyclic) bond motifs is 1. The summed E-state index contributed by atoms with van der Waals surface area (Å²) in [6.07, 6.45) is 4.82. The molecule has 0 aliphatic rings. The zero-order valence-electron chi connectivity index (χ0n) is 18.3. The van der Waals surface area contributed by atoms with E-state index >= 15 is 0 Å². The SMILES string of the molecule is O=C(C=Cc1cccc([N+](=O)[O-])c1)c1ccc(OCCCCSc2nc3ccccc3o2)cc1. The second kappa shape index (κ2) is 11.3. The number of thioether (sulfide) groups is 1. The number of aromatic nitrogens is 1. The molecule has 0 aliphatic carbocycles. The first-order valence-electron chi connectivity index (χ1n) is 10.8. The molecule has 8 heteroatoms. The summed E-state index contributed by atoms with van der Waals surface area (Å²) in [7, 11) is 0. The Labute approximate surface area is 200 Å². The van der Waals surface area contributed by atoms with Crippen LogP contribution in [-0.2, 0) is 0 Å². The second-order valence-electron chi connectivity index (χ2n) is 7.43. The molecular weight excluding hydrogens is 452 g/mol. The lowest BCUT2D eigenvalue weighted by atomic mass is 10.1. The smallest absolute Gasteiger partial charge is 0.270 e. The van der Waals surface area contributed by atoms with Gasteiger partial charge < -0.3 is 9.15 Å². The van der Waals surface area contributed by atoms with Crippen LogP contribution in [0.3, 0.4) is 0 Å². The van der Waals surface area contributed by atoms with Crippen molar-refractivity contribution in [3.8, 4) is 5.75 Å². The lowest BCUT2D eigenvalue weighted by Crippen LogP contribution is -1.99. The highest BCUT2D eigenvalue weighted by atomic mass is 32.2. The van der Waals surface area contributed by atoms with Gasteiger partial charge in [-0.3, -0.25) is 14.9 Å². The number of allylic oxidation sites excluding steroid dienone is 1. The third kappa shape index (κ3) is 6.32. The van der Waals surface area contributed by atoms with Gasteiger partial charge in [0.25, 0.3) is 10.9 Å². The third-order valence-electron chi connectivity index (χ3n) is 4.95. The number of nitro groups is 1. The molecule has 0 N–H and O–H groups in total. The van der Waals surface area contributed by atoms with E-state index in [1.807, 2.05) is 24.3 Å². The number of oxazole rings is 1. The second-order valence-corrected chi connectivity index (χ2v) is 8.47. The minimum atomic E-state index is -0.464. The van der Waals surface area contributed by atoms with E-state index in [4.69, 9.17) is 9.15 Å². The molecule has 3 aromatic carbocycles. The normalized spacial score (nSPS) is 11.2. The maximum atomic E-state index is 12.4. The summed E-state index contributed by atoms with van der Waals surface area (Å²) in [6, 6.07) is 20.8. The maximum absolute atomic E-state index is 12.4. The van der Waals surface area contributed by atoms with E-state index in [9.17, 15) is 14.9 Å². The van der Waals surface area contributed by atoms with Gasteiger partial charge in [-0.05, 0) is 60.9 Å². The van der Waals surface area contributed by atoms with Crippen molar-refractivity contribution in [2.75, 3.05) is 12.4 Å². The molecule has 0 atom stereocenters. The van der Waals surface area contributed by atoms with E-state index < -0.39 is 4.92 Å². The van der Waals surface area contributed by atoms with Gasteiger partial charge in [-0.15, -0.1) is 0 Å². The molecule has 0 saturated carbocycles. The minimum absolute atomic E-state index is 0.0131. The summed E-state index contributed by atoms with van der Waals surface area (Å²) in [5, 5.41) is 11.5. The molecule has 1 heterocycles. The number of para-hydroxylation sites is 2. The Morgan fingerprint density at radius 2 is 1.88 bits per heavy atom. The predicted octanol–water partition coefficient (Wildman–Crippen LogP) is 6.58. The van der Waals surface area contributed by atoms with Crippen molar-refractivity contribution in [2.45, 2.75) is 18.1 Å². The van der Waals surface area contributed by atoms with Crippen LogP contribution in [0.2, 0.25) is 0 Å². The van der Waals surface area contributed by atoms with Gasteiger partial charge >= 0.3 is 0 Å². The summed E-state index contributed by atoms with van der Waals surface area (Å²) >= 11 is 1.59. The van der Waals surface area contributed by atoms with Crippen LogP contribution >= 0.6 is 11.8 Å². The van der Waals surface area contributed by atoms with Crippen LogP contribution < -0.4 is 4.74 Å². The van der Waals surface area contributed by atoms with Crippen molar-refractivity contribution >= 4 is 40.4 Å². The van der Waals surface area contributed by atoms with Crippen LogP contribution in [0.5, 0.6) is 5.75 Å². The summed E-state index contributed by atoms with van der Waals surface area (Å²) in [5.74, 6) is 1.40. The van der Waals surface area contributed by atoms with E-state index in [1.165, 1.54) is 18.2 Å². The zero-order chi connectivity index (χ0) is 23.8. The maximum Gasteiger partial charge on any atom is 0.270 e. The van der Waals surface area contributed by atoms with Gasteiger partial charge in [-0.25, -0.2) is 4.98 Å². The molecule has 0 saturated heterocycles. The quantitative estimate of drug-likeness (QED) is 0.0605. The van der Waals surface area contributed by atoms with Gasteiger partial charge in [0.05, 0.1) is 11.5 Å². The molecule has 34 heavy (non-hydrogen) atoms.